The van der Waals surface area contributed by atoms with Gasteiger partial charge in [-0.15, -0.1) is 0 Å². The maximum Gasteiger partial charge on any atom is 0.315 e. The first kappa shape index (κ1) is 33.5. The summed E-state index contributed by atoms with van der Waals surface area (Å²) >= 11 is 0. The van der Waals surface area contributed by atoms with E-state index in [1.165, 1.54) is 5.56 Å². The lowest BCUT2D eigenvalue weighted by Gasteiger charge is -2.40. The Hall–Kier alpha value is -3.43. The SMILES string of the molecule is CC1(C)[C@@H]2[C@@H](C(=O)NC(CC3CC3)C(=O)C(N)=O)N(C(=O)[C@@H](NC(=O)NC3(Cc4ccccc4)CCCCC3)C3CCCCC3)C[C@@H]21. The molecule has 0 bridgehead atoms. The number of nitrogens with one attached hydrogen (secondary N) is 3. The number of hydrogen-bond acceptors (Lipinski definition) is 5. The van der Waals surface area contributed by atoms with Crippen LogP contribution in [0.15, 0.2) is 30.3 Å². The summed E-state index contributed by atoms with van der Waals surface area (Å²) in [6.07, 6.45) is 12.8. The van der Waals surface area contributed by atoms with E-state index in [0.29, 0.717) is 13.0 Å². The molecule has 5 aliphatic rings. The van der Waals surface area contributed by atoms with Crippen LogP contribution in [-0.4, -0.2) is 64.6 Å². The summed E-state index contributed by atoms with van der Waals surface area (Å²) in [5.74, 6) is -2.15. The van der Waals surface area contributed by atoms with E-state index in [2.05, 4.69) is 41.9 Å². The number of urea groups is 1. The molecule has 4 aliphatic carbocycles. The highest BCUT2D eigenvalue weighted by atomic mass is 16.2. The van der Waals surface area contributed by atoms with Crippen molar-refractivity contribution in [2.75, 3.05) is 6.54 Å². The Morgan fingerprint density at radius 3 is 2.19 bits per heavy atom. The van der Waals surface area contributed by atoms with Crippen LogP contribution in [-0.2, 0) is 25.6 Å². The van der Waals surface area contributed by atoms with Gasteiger partial charge in [0.15, 0.2) is 0 Å². The molecule has 47 heavy (non-hydrogen) atoms. The number of benzene rings is 1. The molecule has 1 unspecified atom stereocenters. The van der Waals surface area contributed by atoms with Crippen LogP contribution in [0.25, 0.3) is 0 Å². The highest BCUT2D eigenvalue weighted by Gasteiger charge is 2.69. The predicted octanol–water partition coefficient (Wildman–Crippen LogP) is 4.00. The van der Waals surface area contributed by atoms with Crippen LogP contribution >= 0.6 is 0 Å². The van der Waals surface area contributed by atoms with Crippen LogP contribution < -0.4 is 21.7 Å². The Morgan fingerprint density at radius 2 is 1.55 bits per heavy atom. The van der Waals surface area contributed by atoms with Gasteiger partial charge in [-0.2, -0.15) is 0 Å². The van der Waals surface area contributed by atoms with E-state index >= 15 is 0 Å². The normalized spacial score (nSPS) is 27.5. The number of ketones is 1. The molecule has 5 N–H and O–H groups in total. The highest BCUT2D eigenvalue weighted by Crippen LogP contribution is 2.65. The van der Waals surface area contributed by atoms with Gasteiger partial charge in [0.25, 0.3) is 5.91 Å². The van der Waals surface area contributed by atoms with Crippen molar-refractivity contribution >= 4 is 29.5 Å². The van der Waals surface area contributed by atoms with Crippen molar-refractivity contribution in [3.8, 4) is 0 Å². The zero-order chi connectivity index (χ0) is 33.3. The van der Waals surface area contributed by atoms with E-state index in [1.807, 2.05) is 18.2 Å². The minimum absolute atomic E-state index is 0.0221. The lowest BCUT2D eigenvalue weighted by Crippen LogP contribution is -2.62. The minimum atomic E-state index is -1.06. The first-order valence-corrected chi connectivity index (χ1v) is 18.1. The maximum absolute atomic E-state index is 14.6. The molecule has 5 amide bonds. The van der Waals surface area contributed by atoms with Gasteiger partial charge in [-0.3, -0.25) is 19.2 Å². The minimum Gasteiger partial charge on any atom is -0.363 e. The van der Waals surface area contributed by atoms with Crippen molar-refractivity contribution in [3.05, 3.63) is 35.9 Å². The summed E-state index contributed by atoms with van der Waals surface area (Å²) in [6, 6.07) is 7.41. The molecule has 6 rings (SSSR count). The quantitative estimate of drug-likeness (QED) is 0.253. The van der Waals surface area contributed by atoms with Crippen molar-refractivity contribution in [2.45, 2.75) is 127 Å². The van der Waals surface area contributed by atoms with E-state index in [4.69, 9.17) is 5.73 Å². The van der Waals surface area contributed by atoms with E-state index < -0.39 is 35.7 Å². The fourth-order valence-electron chi connectivity index (χ4n) is 9.17. The summed E-state index contributed by atoms with van der Waals surface area (Å²) in [6.45, 7) is 4.65. The number of primary amides is 1. The van der Waals surface area contributed by atoms with E-state index in [9.17, 15) is 24.0 Å². The number of likely N-dealkylation sites (tertiary alicyclic amines) is 1. The van der Waals surface area contributed by atoms with E-state index in [1.54, 1.807) is 4.90 Å². The van der Waals surface area contributed by atoms with Crippen LogP contribution in [0.5, 0.6) is 0 Å². The summed E-state index contributed by atoms with van der Waals surface area (Å²) in [4.78, 5) is 68.8. The number of nitrogens with two attached hydrogens (primary N) is 1. The molecule has 1 saturated heterocycles. The first-order valence-electron chi connectivity index (χ1n) is 18.1. The van der Waals surface area contributed by atoms with Crippen LogP contribution in [0.3, 0.4) is 0 Å². The third-order valence-electron chi connectivity index (χ3n) is 12.2. The standard InChI is InChI=1S/C37H53N5O5/c1-36(2)26-22-42(30(28(26)36)33(45)39-27(20-23-16-17-23)31(43)32(38)44)34(46)29(25-14-8-4-9-15-25)40-35(47)41-37(18-10-5-11-19-37)21-24-12-6-3-7-13-24/h3,6-7,12-13,23,25-30H,4-5,8-11,14-22H2,1-2H3,(H2,38,44)(H,39,45)(H2,40,41,47)/t26-,27?,28-,29-,30-/m0/s1. The molecular weight excluding hydrogens is 594 g/mol. The topological polar surface area (TPSA) is 151 Å². The zero-order valence-corrected chi connectivity index (χ0v) is 28.1. The Bertz CT molecular complexity index is 1350. The van der Waals surface area contributed by atoms with Crippen LogP contribution in [0.1, 0.15) is 103 Å². The number of carbonyl (C=O) groups excluding carboxylic acids is 5. The molecule has 1 aromatic carbocycles. The Kier molecular flexibility index (Phi) is 9.68. The third kappa shape index (κ3) is 7.36. The van der Waals surface area contributed by atoms with Crippen molar-refractivity contribution in [2.24, 2.45) is 34.8 Å². The average Bonchev–Trinajstić information content (AvgIpc) is 3.91. The molecule has 0 spiro atoms. The molecule has 10 nitrogen and oxygen atoms in total. The van der Waals surface area contributed by atoms with Crippen molar-refractivity contribution in [3.63, 3.8) is 0 Å². The lowest BCUT2D eigenvalue weighted by molar-refractivity contribution is -0.144. The first-order chi connectivity index (χ1) is 22.5. The summed E-state index contributed by atoms with van der Waals surface area (Å²) in [5.41, 5.74) is 6.02. The highest BCUT2D eigenvalue weighted by molar-refractivity contribution is 6.37. The van der Waals surface area contributed by atoms with Crippen molar-refractivity contribution < 1.29 is 24.0 Å². The Balaban J connectivity index is 1.21. The van der Waals surface area contributed by atoms with Gasteiger partial charge in [0.2, 0.25) is 17.6 Å². The smallest absolute Gasteiger partial charge is 0.315 e. The summed E-state index contributed by atoms with van der Waals surface area (Å²) in [7, 11) is 0. The number of piperidine rings is 1. The second-order valence-electron chi connectivity index (χ2n) is 15.8. The number of hydrogen-bond donors (Lipinski definition) is 4. The number of carbonyl (C=O) groups is 5. The molecule has 1 heterocycles. The number of Topliss-reactive ketones (excluding diaryl/α,β-unsaturated/α-hetero) is 1. The maximum atomic E-state index is 14.6. The monoisotopic (exact) mass is 647 g/mol. The van der Waals surface area contributed by atoms with Crippen LogP contribution in [0.4, 0.5) is 4.79 Å². The largest absolute Gasteiger partial charge is 0.363 e. The molecule has 1 aliphatic heterocycles. The van der Waals surface area contributed by atoms with E-state index in [0.717, 1.165) is 83.5 Å². The van der Waals surface area contributed by atoms with Crippen molar-refractivity contribution in [1.82, 2.24) is 20.9 Å². The van der Waals surface area contributed by atoms with Crippen LogP contribution in [0, 0.1) is 29.1 Å². The molecule has 5 atom stereocenters. The fraction of sp³-hybridized carbons (Fsp3) is 0.703. The molecule has 0 radical (unpaired) electrons. The van der Waals surface area contributed by atoms with Crippen LogP contribution in [0.2, 0.25) is 0 Å². The Labute approximate surface area is 278 Å². The molecular formula is C37H53N5O5. The second kappa shape index (κ2) is 13.6. The van der Waals surface area contributed by atoms with Gasteiger partial charge in [-0.1, -0.05) is 95.5 Å². The molecule has 1 aromatic rings. The number of amides is 5. The second-order valence-corrected chi connectivity index (χ2v) is 15.8. The van der Waals surface area contributed by atoms with Gasteiger partial charge < -0.3 is 26.6 Å². The average molecular weight is 648 g/mol. The molecule has 256 valence electrons. The number of fused-ring (bicyclic) bond motifs is 1. The van der Waals surface area contributed by atoms with E-state index in [-0.39, 0.29) is 46.6 Å². The zero-order valence-electron chi connectivity index (χ0n) is 28.1. The van der Waals surface area contributed by atoms with Gasteiger partial charge in [-0.05, 0) is 73.2 Å². The molecule has 0 aromatic heterocycles. The van der Waals surface area contributed by atoms with Gasteiger partial charge in [0.05, 0.1) is 6.04 Å². The van der Waals surface area contributed by atoms with Crippen molar-refractivity contribution in [1.29, 1.82) is 0 Å². The van der Waals surface area contributed by atoms with Gasteiger partial charge in [0.1, 0.15) is 12.1 Å². The molecule has 4 saturated carbocycles. The number of nitrogens with zero attached hydrogens (tertiary/aromatic N) is 1. The lowest BCUT2D eigenvalue weighted by atomic mass is 9.77. The predicted molar refractivity (Wildman–Crippen MR) is 178 cm³/mol. The van der Waals surface area contributed by atoms with Gasteiger partial charge in [-0.25, -0.2) is 4.79 Å². The fourth-order valence-corrected chi connectivity index (χ4v) is 9.17. The van der Waals surface area contributed by atoms with Gasteiger partial charge >= 0.3 is 6.03 Å². The molecule has 5 fully saturated rings. The molecule has 10 heteroatoms. The van der Waals surface area contributed by atoms with Gasteiger partial charge in [0, 0.05) is 12.1 Å². The third-order valence-corrected chi connectivity index (χ3v) is 12.2. The Morgan fingerprint density at radius 1 is 0.894 bits per heavy atom. The summed E-state index contributed by atoms with van der Waals surface area (Å²) < 4.78 is 0. The number of rotatable bonds is 12. The summed E-state index contributed by atoms with van der Waals surface area (Å²) in [5, 5.41) is 9.35.